The lowest BCUT2D eigenvalue weighted by atomic mass is 10.1. The van der Waals surface area contributed by atoms with Gasteiger partial charge < -0.3 is 10.5 Å². The molecule has 0 fully saturated rings. The predicted molar refractivity (Wildman–Crippen MR) is 92.9 cm³/mol. The molecular weight excluding hydrogens is 394 g/mol. The maximum atomic E-state index is 12.5. The maximum Gasteiger partial charge on any atom is 0.338 e. The summed E-state index contributed by atoms with van der Waals surface area (Å²) in [5.41, 5.74) is 0.393. The van der Waals surface area contributed by atoms with E-state index >= 15 is 0 Å². The van der Waals surface area contributed by atoms with E-state index in [0.717, 1.165) is 7.11 Å². The number of methoxy groups -OCH3 is 1. The highest BCUT2D eigenvalue weighted by atomic mass is 16.6. The smallest absolute Gasteiger partial charge is 0.338 e. The summed E-state index contributed by atoms with van der Waals surface area (Å²) in [5, 5.41) is 25.0. The Morgan fingerprint density at radius 3 is 2.10 bits per heavy atom. The van der Waals surface area contributed by atoms with Gasteiger partial charge in [0.05, 0.1) is 33.6 Å². The van der Waals surface area contributed by atoms with Crippen LogP contribution in [0.3, 0.4) is 0 Å². The number of fused-ring (bicyclic) bond motifs is 1. The predicted octanol–water partition coefficient (Wildman–Crippen LogP) is -0.0937. The zero-order valence-electron chi connectivity index (χ0n) is 14.3. The second-order valence-electron chi connectivity index (χ2n) is 5.64. The number of nitrogens with zero attached hydrogens (tertiary/aromatic N) is 3. The molecule has 1 aliphatic heterocycles. The number of carbonyl (C=O) groups is 3. The molecule has 29 heavy (non-hydrogen) atoms. The monoisotopic (exact) mass is 403 g/mol. The fourth-order valence-electron chi connectivity index (χ4n) is 2.86. The molecule has 0 atom stereocenters. The van der Waals surface area contributed by atoms with Crippen molar-refractivity contribution in [1.82, 2.24) is 9.88 Å². The fraction of sp³-hybridized carbons (Fsp3) is 0.0667. The summed E-state index contributed by atoms with van der Waals surface area (Å²) in [6.45, 7) is 0. The first-order valence-electron chi connectivity index (χ1n) is 7.55. The van der Waals surface area contributed by atoms with E-state index in [0.29, 0.717) is 22.8 Å². The molecule has 14 nitrogen and oxygen atoms in total. The third kappa shape index (κ3) is 2.84. The number of hydrogen-bond donors (Lipinski definition) is 2. The third-order valence-electron chi connectivity index (χ3n) is 4.06. The SMILES string of the molecule is COC(=O)c1cc([N+](=O)[O-])c(-n2c(N)c3c(cc2=O)C(=O)NC3=O)c([N+](=O)[O-])c1. The molecule has 3 rings (SSSR count). The Balaban J connectivity index is 2.48. The zero-order valence-corrected chi connectivity index (χ0v) is 14.3. The summed E-state index contributed by atoms with van der Waals surface area (Å²) in [7, 11) is 0.965. The molecule has 1 aromatic carbocycles. The number of nitrogens with two attached hydrogens (primary N) is 1. The molecule has 1 aliphatic rings. The van der Waals surface area contributed by atoms with Crippen molar-refractivity contribution in [3.63, 3.8) is 0 Å². The Labute approximate surface area is 158 Å². The van der Waals surface area contributed by atoms with Crippen LogP contribution in [0.25, 0.3) is 5.69 Å². The van der Waals surface area contributed by atoms with Crippen LogP contribution in [0.5, 0.6) is 0 Å². The lowest BCUT2D eigenvalue weighted by Gasteiger charge is -2.13. The quantitative estimate of drug-likeness (QED) is 0.300. The largest absolute Gasteiger partial charge is 0.465 e. The van der Waals surface area contributed by atoms with Gasteiger partial charge in [0.15, 0.2) is 0 Å². The van der Waals surface area contributed by atoms with Gasteiger partial charge in [0.25, 0.3) is 17.4 Å². The molecular formula is C15H9N5O9. The van der Waals surface area contributed by atoms with Crippen molar-refractivity contribution in [2.24, 2.45) is 0 Å². The average molecular weight is 403 g/mol. The molecule has 0 spiro atoms. The van der Waals surface area contributed by atoms with Crippen molar-refractivity contribution in [2.45, 2.75) is 0 Å². The van der Waals surface area contributed by atoms with Crippen LogP contribution in [-0.2, 0) is 4.74 Å². The van der Waals surface area contributed by atoms with E-state index in [1.807, 2.05) is 5.32 Å². The molecule has 0 saturated carbocycles. The molecule has 1 aromatic heterocycles. The average Bonchev–Trinajstić information content (AvgIpc) is 2.94. The van der Waals surface area contributed by atoms with Gasteiger partial charge in [-0.25, -0.2) is 9.36 Å². The van der Waals surface area contributed by atoms with Crippen LogP contribution in [0.1, 0.15) is 31.1 Å². The molecule has 2 heterocycles. The number of aromatic nitrogens is 1. The normalized spacial score (nSPS) is 12.3. The molecule has 3 N–H and O–H groups in total. The third-order valence-corrected chi connectivity index (χ3v) is 4.06. The van der Waals surface area contributed by atoms with E-state index in [1.165, 1.54) is 0 Å². The Hall–Kier alpha value is -4.62. The van der Waals surface area contributed by atoms with E-state index in [4.69, 9.17) is 5.73 Å². The molecule has 0 unspecified atom stereocenters. The minimum Gasteiger partial charge on any atom is -0.465 e. The van der Waals surface area contributed by atoms with Gasteiger partial charge in [-0.3, -0.25) is 39.9 Å². The number of nitro groups is 2. The standard InChI is InChI=1S/C15H9N5O9/c1-29-15(24)5-2-7(19(25)26)11(8(3-5)20(27)28)18-9(21)4-6-10(12(18)16)14(23)17-13(6)22/h2-4H,16H2,1H3,(H,17,22,23). The molecule has 14 heteroatoms. The summed E-state index contributed by atoms with van der Waals surface area (Å²) >= 11 is 0. The number of nitrogen functional groups attached to an aromatic ring is 1. The van der Waals surface area contributed by atoms with Crippen molar-refractivity contribution < 1.29 is 29.0 Å². The summed E-state index contributed by atoms with van der Waals surface area (Å²) in [6.07, 6.45) is 0. The number of imide groups is 1. The van der Waals surface area contributed by atoms with E-state index in [-0.39, 0.29) is 5.56 Å². The highest BCUT2D eigenvalue weighted by molar-refractivity contribution is 6.23. The van der Waals surface area contributed by atoms with Gasteiger partial charge >= 0.3 is 17.3 Å². The molecule has 0 aliphatic carbocycles. The van der Waals surface area contributed by atoms with Crippen LogP contribution in [0.15, 0.2) is 23.0 Å². The first-order chi connectivity index (χ1) is 13.6. The van der Waals surface area contributed by atoms with Crippen LogP contribution in [-0.4, -0.2) is 39.3 Å². The number of nitro benzene ring substituents is 2. The van der Waals surface area contributed by atoms with Gasteiger partial charge in [-0.15, -0.1) is 0 Å². The van der Waals surface area contributed by atoms with Crippen molar-refractivity contribution in [3.8, 4) is 5.69 Å². The second kappa shape index (κ2) is 6.52. The zero-order chi connectivity index (χ0) is 21.6. The first-order valence-corrected chi connectivity index (χ1v) is 7.55. The van der Waals surface area contributed by atoms with Gasteiger partial charge in [-0.05, 0) is 0 Å². The number of hydrogen-bond acceptors (Lipinski definition) is 10. The minimum atomic E-state index is -1.14. The number of pyridine rings is 1. The summed E-state index contributed by atoms with van der Waals surface area (Å²) < 4.78 is 4.79. The number of esters is 1. The van der Waals surface area contributed by atoms with Crippen molar-refractivity contribution in [2.75, 3.05) is 12.8 Å². The lowest BCUT2D eigenvalue weighted by Crippen LogP contribution is -2.25. The summed E-state index contributed by atoms with van der Waals surface area (Å²) in [5.74, 6) is -3.70. The number of benzene rings is 1. The first kappa shape index (κ1) is 19.2. The maximum absolute atomic E-state index is 12.5. The fourth-order valence-corrected chi connectivity index (χ4v) is 2.86. The topological polar surface area (TPSA) is 207 Å². The van der Waals surface area contributed by atoms with E-state index < -0.39 is 67.2 Å². The van der Waals surface area contributed by atoms with Crippen LogP contribution in [0.4, 0.5) is 17.2 Å². The van der Waals surface area contributed by atoms with E-state index in [2.05, 4.69) is 4.74 Å². The van der Waals surface area contributed by atoms with E-state index in [1.54, 1.807) is 0 Å². The highest BCUT2D eigenvalue weighted by Crippen LogP contribution is 2.36. The molecule has 148 valence electrons. The number of nitrogens with one attached hydrogen (secondary N) is 1. The minimum absolute atomic E-state index is 0.369. The Bertz CT molecular complexity index is 1180. The van der Waals surface area contributed by atoms with Crippen LogP contribution >= 0.6 is 0 Å². The van der Waals surface area contributed by atoms with Gasteiger partial charge in [-0.2, -0.15) is 0 Å². The molecule has 0 bridgehead atoms. The number of ether oxygens (including phenoxy) is 1. The molecule has 0 saturated heterocycles. The Morgan fingerprint density at radius 1 is 1.07 bits per heavy atom. The number of carbonyl (C=O) groups excluding carboxylic acids is 3. The summed E-state index contributed by atoms with van der Waals surface area (Å²) in [4.78, 5) is 68.9. The molecule has 2 aromatic rings. The van der Waals surface area contributed by atoms with Crippen LogP contribution in [0.2, 0.25) is 0 Å². The number of amides is 2. The second-order valence-corrected chi connectivity index (χ2v) is 5.64. The molecule has 2 amide bonds. The van der Waals surface area contributed by atoms with Gasteiger partial charge in [0.1, 0.15) is 5.82 Å². The van der Waals surface area contributed by atoms with Gasteiger partial charge in [-0.1, -0.05) is 0 Å². The van der Waals surface area contributed by atoms with Gasteiger partial charge in [0, 0.05) is 18.2 Å². The van der Waals surface area contributed by atoms with E-state index in [9.17, 15) is 39.4 Å². The molecule has 0 radical (unpaired) electrons. The lowest BCUT2D eigenvalue weighted by molar-refractivity contribution is -0.393. The summed E-state index contributed by atoms with van der Waals surface area (Å²) in [6, 6.07) is 2.00. The number of rotatable bonds is 4. The Morgan fingerprint density at radius 2 is 1.62 bits per heavy atom. The highest BCUT2D eigenvalue weighted by Gasteiger charge is 2.36. The van der Waals surface area contributed by atoms with Crippen molar-refractivity contribution in [3.05, 3.63) is 65.5 Å². The van der Waals surface area contributed by atoms with Crippen molar-refractivity contribution in [1.29, 1.82) is 0 Å². The van der Waals surface area contributed by atoms with Crippen molar-refractivity contribution >= 4 is 35.0 Å². The van der Waals surface area contributed by atoms with Crippen LogP contribution in [0, 0.1) is 20.2 Å². The van der Waals surface area contributed by atoms with Crippen LogP contribution < -0.4 is 16.6 Å². The van der Waals surface area contributed by atoms with Gasteiger partial charge in [0.2, 0.25) is 5.69 Å². The number of anilines is 1. The Kier molecular flexibility index (Phi) is 4.31.